The highest BCUT2D eigenvalue weighted by Gasteiger charge is 2.57. The molecule has 0 aliphatic carbocycles. The Hall–Kier alpha value is -4.40. The first kappa shape index (κ1) is 20.5. The van der Waals surface area contributed by atoms with Gasteiger partial charge in [0.1, 0.15) is 11.9 Å². The molecule has 33 heavy (non-hydrogen) atoms. The third-order valence-electron chi connectivity index (χ3n) is 5.95. The van der Waals surface area contributed by atoms with Gasteiger partial charge in [0.2, 0.25) is 0 Å². The Bertz CT molecular complexity index is 1350. The van der Waals surface area contributed by atoms with Crippen LogP contribution in [0, 0.1) is 22.9 Å². The van der Waals surface area contributed by atoms with E-state index in [4.69, 9.17) is 0 Å². The van der Waals surface area contributed by atoms with E-state index < -0.39 is 40.5 Å². The van der Waals surface area contributed by atoms with Crippen LogP contribution in [0.25, 0.3) is 0 Å². The number of imide groups is 1. The quantitative estimate of drug-likeness (QED) is 0.263. The number of amides is 3. The van der Waals surface area contributed by atoms with E-state index in [0.717, 1.165) is 22.6 Å². The van der Waals surface area contributed by atoms with Crippen LogP contribution < -0.4 is 4.90 Å². The molecule has 2 aliphatic rings. The van der Waals surface area contributed by atoms with Crippen LogP contribution in [0.4, 0.5) is 15.8 Å². The highest BCUT2D eigenvalue weighted by Crippen LogP contribution is 2.44. The lowest BCUT2D eigenvalue weighted by molar-refractivity contribution is -0.384. The minimum absolute atomic E-state index is 0.00487. The Morgan fingerprint density at radius 3 is 2.21 bits per heavy atom. The number of carbonyl (C=O) groups excluding carboxylic acids is 3. The highest BCUT2D eigenvalue weighted by atomic mass is 19.1. The van der Waals surface area contributed by atoms with Crippen LogP contribution in [0.2, 0.25) is 0 Å². The zero-order chi connectivity index (χ0) is 23.4. The van der Waals surface area contributed by atoms with Crippen molar-refractivity contribution in [1.29, 1.82) is 0 Å². The number of non-ortho nitro benzene ring substituents is 1. The third-order valence-corrected chi connectivity index (χ3v) is 5.95. The lowest BCUT2D eigenvalue weighted by Crippen LogP contribution is -2.67. The van der Waals surface area contributed by atoms with Crippen molar-refractivity contribution in [1.82, 2.24) is 4.90 Å². The summed E-state index contributed by atoms with van der Waals surface area (Å²) >= 11 is 0. The smallest absolute Gasteiger partial charge is 0.270 e. The Morgan fingerprint density at radius 2 is 1.55 bits per heavy atom. The van der Waals surface area contributed by atoms with E-state index in [1.807, 2.05) is 13.0 Å². The molecule has 8 nitrogen and oxygen atoms in total. The number of aryl methyl sites for hydroxylation is 1. The lowest BCUT2D eigenvalue weighted by Gasteiger charge is -2.49. The first-order chi connectivity index (χ1) is 15.8. The summed E-state index contributed by atoms with van der Waals surface area (Å²) in [6, 6.07) is 14.2. The van der Waals surface area contributed by atoms with E-state index >= 15 is 0 Å². The van der Waals surface area contributed by atoms with Gasteiger partial charge in [0, 0.05) is 17.8 Å². The number of fused-ring (bicyclic) bond motifs is 1. The second-order valence-corrected chi connectivity index (χ2v) is 7.96. The second kappa shape index (κ2) is 7.33. The molecule has 0 N–H and O–H groups in total. The number of carbonyl (C=O) groups is 3. The Balaban J connectivity index is 1.58. The molecule has 0 bridgehead atoms. The number of nitrogens with zero attached hydrogens (tertiary/aromatic N) is 3. The maximum atomic E-state index is 13.6. The van der Waals surface area contributed by atoms with Crippen molar-refractivity contribution in [2.24, 2.45) is 0 Å². The van der Waals surface area contributed by atoms with Gasteiger partial charge in [0.25, 0.3) is 23.4 Å². The molecule has 1 fully saturated rings. The fraction of sp³-hybridized carbons (Fsp3) is 0.125. The van der Waals surface area contributed by atoms with Crippen LogP contribution in [0.3, 0.4) is 0 Å². The van der Waals surface area contributed by atoms with Gasteiger partial charge in [-0.3, -0.25) is 29.4 Å². The topological polar surface area (TPSA) is 101 Å². The van der Waals surface area contributed by atoms with E-state index in [1.165, 1.54) is 35.2 Å². The lowest BCUT2D eigenvalue weighted by atomic mass is 9.86. The molecule has 0 saturated carbocycles. The highest BCUT2D eigenvalue weighted by molar-refractivity contribution is 6.25. The molecule has 5 rings (SSSR count). The van der Waals surface area contributed by atoms with Crippen LogP contribution >= 0.6 is 0 Å². The predicted molar refractivity (Wildman–Crippen MR) is 115 cm³/mol. The average molecular weight is 445 g/mol. The maximum Gasteiger partial charge on any atom is 0.270 e. The van der Waals surface area contributed by atoms with Gasteiger partial charge in [0.15, 0.2) is 0 Å². The number of nitro benzene ring substituents is 1. The molecule has 3 amide bonds. The molecular formula is C24H16FN3O5. The number of rotatable bonds is 4. The largest absolute Gasteiger partial charge is 0.300 e. The van der Waals surface area contributed by atoms with Crippen molar-refractivity contribution in [3.8, 4) is 0 Å². The standard InChI is InChI=1S/C24H16FN3O5/c1-13-3-2-4-16(11-13)26-20(14-5-7-15(25)8-6-14)21(24(26)31)27-22(29)18-10-9-17(28(32)33)12-19(18)23(27)30/h2-12,20-21H,1H3/t20-,21-/m1/s1. The molecular weight excluding hydrogens is 429 g/mol. The molecule has 9 heteroatoms. The number of hydrogen-bond acceptors (Lipinski definition) is 5. The van der Waals surface area contributed by atoms with Crippen LogP contribution in [0.15, 0.2) is 66.7 Å². The van der Waals surface area contributed by atoms with Crippen molar-refractivity contribution < 1.29 is 23.7 Å². The number of hydrogen-bond donors (Lipinski definition) is 0. The van der Waals surface area contributed by atoms with Crippen molar-refractivity contribution in [2.75, 3.05) is 4.90 Å². The van der Waals surface area contributed by atoms with Crippen LogP contribution in [0.1, 0.15) is 37.9 Å². The molecule has 1 saturated heterocycles. The molecule has 0 radical (unpaired) electrons. The second-order valence-electron chi connectivity index (χ2n) is 7.96. The van der Waals surface area contributed by atoms with Gasteiger partial charge in [-0.15, -0.1) is 0 Å². The maximum absolute atomic E-state index is 13.6. The molecule has 164 valence electrons. The summed E-state index contributed by atoms with van der Waals surface area (Å²) < 4.78 is 13.6. The number of benzene rings is 3. The summed E-state index contributed by atoms with van der Waals surface area (Å²) in [7, 11) is 0. The first-order valence-corrected chi connectivity index (χ1v) is 10.1. The summed E-state index contributed by atoms with van der Waals surface area (Å²) in [5.74, 6) is -2.40. The number of nitro groups is 1. The molecule has 3 aromatic rings. The van der Waals surface area contributed by atoms with Crippen molar-refractivity contribution >= 4 is 29.1 Å². The molecule has 3 aromatic carbocycles. The zero-order valence-corrected chi connectivity index (χ0v) is 17.3. The van der Waals surface area contributed by atoms with E-state index in [1.54, 1.807) is 18.2 Å². The van der Waals surface area contributed by atoms with Crippen molar-refractivity contribution in [3.63, 3.8) is 0 Å². The minimum Gasteiger partial charge on any atom is -0.300 e. The molecule has 0 spiro atoms. The fourth-order valence-electron chi connectivity index (χ4n) is 4.40. The van der Waals surface area contributed by atoms with E-state index in [0.29, 0.717) is 11.3 Å². The summed E-state index contributed by atoms with van der Waals surface area (Å²) in [6.45, 7) is 1.87. The normalized spacial score (nSPS) is 19.5. The number of anilines is 1. The van der Waals surface area contributed by atoms with E-state index in [2.05, 4.69) is 0 Å². The molecule has 0 aromatic heterocycles. The average Bonchev–Trinajstić information content (AvgIpc) is 3.03. The Morgan fingerprint density at radius 1 is 0.848 bits per heavy atom. The van der Waals surface area contributed by atoms with E-state index in [-0.39, 0.29) is 16.8 Å². The summed E-state index contributed by atoms with van der Waals surface area (Å²) in [4.78, 5) is 52.4. The number of halogens is 1. The monoisotopic (exact) mass is 445 g/mol. The minimum atomic E-state index is -1.16. The summed E-state index contributed by atoms with van der Waals surface area (Å²) in [5, 5.41) is 11.1. The van der Waals surface area contributed by atoms with Crippen molar-refractivity contribution in [2.45, 2.75) is 19.0 Å². The van der Waals surface area contributed by atoms with Gasteiger partial charge in [-0.25, -0.2) is 4.39 Å². The predicted octanol–water partition coefficient (Wildman–Crippen LogP) is 3.80. The first-order valence-electron chi connectivity index (χ1n) is 10.1. The van der Waals surface area contributed by atoms with Gasteiger partial charge >= 0.3 is 0 Å². The molecule has 2 aliphatic heterocycles. The van der Waals surface area contributed by atoms with Gasteiger partial charge in [-0.2, -0.15) is 0 Å². The number of β-lactam (4-membered cyclic amide) rings is 1. The molecule has 0 unspecified atom stereocenters. The van der Waals surface area contributed by atoms with Crippen LogP contribution in [0.5, 0.6) is 0 Å². The summed E-state index contributed by atoms with van der Waals surface area (Å²) in [6.07, 6.45) is 0. The van der Waals surface area contributed by atoms with E-state index in [9.17, 15) is 28.9 Å². The van der Waals surface area contributed by atoms with Gasteiger partial charge in [-0.05, 0) is 48.4 Å². The molecule has 2 heterocycles. The SMILES string of the molecule is Cc1cccc(N2C(=O)[C@H](N3C(=O)c4ccc([N+](=O)[O-])cc4C3=O)[C@H]2c2ccc(F)cc2)c1. The fourth-order valence-corrected chi connectivity index (χ4v) is 4.40. The van der Waals surface area contributed by atoms with Crippen molar-refractivity contribution in [3.05, 3.63) is 105 Å². The Kier molecular flexibility index (Phi) is 4.56. The van der Waals surface area contributed by atoms with Gasteiger partial charge in [-0.1, -0.05) is 24.3 Å². The van der Waals surface area contributed by atoms with Gasteiger partial charge in [0.05, 0.1) is 22.1 Å². The van der Waals surface area contributed by atoms with Crippen LogP contribution in [-0.2, 0) is 4.79 Å². The molecule has 2 atom stereocenters. The zero-order valence-electron chi connectivity index (χ0n) is 17.3. The van der Waals surface area contributed by atoms with Crippen LogP contribution in [-0.4, -0.2) is 33.6 Å². The Labute approximate surface area is 187 Å². The third kappa shape index (κ3) is 3.08. The van der Waals surface area contributed by atoms with Gasteiger partial charge < -0.3 is 4.90 Å². The summed E-state index contributed by atoms with van der Waals surface area (Å²) in [5.41, 5.74) is 1.60.